The van der Waals surface area contributed by atoms with Gasteiger partial charge in [-0.15, -0.1) is 0 Å². The topological polar surface area (TPSA) is 24.9 Å². The van der Waals surface area contributed by atoms with Crippen LogP contribution in [0.25, 0.3) is 10.9 Å². The molecule has 0 bridgehead atoms. The lowest BCUT2D eigenvalue weighted by atomic mass is 10.0. The van der Waals surface area contributed by atoms with Gasteiger partial charge in [-0.25, -0.2) is 0 Å². The molecule has 94 valence electrons. The molecule has 0 saturated carbocycles. The fourth-order valence-corrected chi connectivity index (χ4v) is 3.14. The minimum atomic E-state index is 0.953. The average Bonchev–Trinajstić information content (AvgIpc) is 2.82. The second-order valence-corrected chi connectivity index (χ2v) is 5.73. The minimum Gasteiger partial charge on any atom is -0.313 e. The normalized spacial score (nSPS) is 14.1. The predicted octanol–water partition coefficient (Wildman–Crippen LogP) is 3.60. The van der Waals surface area contributed by atoms with Crippen LogP contribution >= 0.6 is 15.9 Å². The first-order valence-corrected chi connectivity index (χ1v) is 7.39. The molecule has 3 rings (SSSR count). The number of fused-ring (bicyclic) bond motifs is 2. The highest BCUT2D eigenvalue weighted by atomic mass is 79.9. The SMILES string of the molecule is CCNCc1c2c(nc3ccc(Br)cc13)CCC2. The monoisotopic (exact) mass is 304 g/mol. The number of benzene rings is 1. The molecule has 3 heteroatoms. The van der Waals surface area contributed by atoms with Gasteiger partial charge in [-0.2, -0.15) is 0 Å². The van der Waals surface area contributed by atoms with Crippen LogP contribution in [-0.4, -0.2) is 11.5 Å². The molecule has 0 amide bonds. The van der Waals surface area contributed by atoms with E-state index < -0.39 is 0 Å². The van der Waals surface area contributed by atoms with Crippen LogP contribution < -0.4 is 5.32 Å². The van der Waals surface area contributed by atoms with Gasteiger partial charge in [-0.3, -0.25) is 4.98 Å². The van der Waals surface area contributed by atoms with E-state index in [2.05, 4.69) is 46.4 Å². The minimum absolute atomic E-state index is 0.953. The van der Waals surface area contributed by atoms with E-state index in [0.29, 0.717) is 0 Å². The van der Waals surface area contributed by atoms with Crippen LogP contribution in [0.1, 0.15) is 30.2 Å². The number of nitrogens with zero attached hydrogens (tertiary/aromatic N) is 1. The van der Waals surface area contributed by atoms with Crippen LogP contribution in [0.4, 0.5) is 0 Å². The predicted molar refractivity (Wildman–Crippen MR) is 78.8 cm³/mol. The van der Waals surface area contributed by atoms with E-state index in [4.69, 9.17) is 4.98 Å². The average molecular weight is 305 g/mol. The smallest absolute Gasteiger partial charge is 0.0709 e. The van der Waals surface area contributed by atoms with E-state index in [0.717, 1.165) is 29.5 Å². The summed E-state index contributed by atoms with van der Waals surface area (Å²) in [4.78, 5) is 4.82. The standard InChI is InChI=1S/C15H17BrN2/c1-2-17-9-13-11-4-3-5-14(11)18-15-7-6-10(16)8-12(13)15/h6-8,17H,2-5,9H2,1H3. The molecule has 1 aromatic heterocycles. The molecule has 0 radical (unpaired) electrons. The molecular formula is C15H17BrN2. The summed E-state index contributed by atoms with van der Waals surface area (Å²) in [5.74, 6) is 0. The van der Waals surface area contributed by atoms with Gasteiger partial charge in [0.15, 0.2) is 0 Å². The molecule has 0 aliphatic heterocycles. The molecule has 2 aromatic rings. The lowest BCUT2D eigenvalue weighted by Crippen LogP contribution is -2.14. The van der Waals surface area contributed by atoms with E-state index in [1.165, 1.54) is 35.0 Å². The number of nitrogens with one attached hydrogen (secondary N) is 1. The van der Waals surface area contributed by atoms with Crippen molar-refractivity contribution in [2.24, 2.45) is 0 Å². The van der Waals surface area contributed by atoms with Crippen LogP contribution in [0.3, 0.4) is 0 Å². The summed E-state index contributed by atoms with van der Waals surface area (Å²) < 4.78 is 1.13. The van der Waals surface area contributed by atoms with Crippen molar-refractivity contribution in [2.45, 2.75) is 32.7 Å². The van der Waals surface area contributed by atoms with Crippen molar-refractivity contribution >= 4 is 26.8 Å². The number of rotatable bonds is 3. The summed E-state index contributed by atoms with van der Waals surface area (Å²) >= 11 is 3.57. The Morgan fingerprint density at radius 1 is 1.33 bits per heavy atom. The van der Waals surface area contributed by atoms with Crippen molar-refractivity contribution < 1.29 is 0 Å². The first-order chi connectivity index (χ1) is 8.79. The maximum Gasteiger partial charge on any atom is 0.0709 e. The Hall–Kier alpha value is -0.930. The van der Waals surface area contributed by atoms with Crippen molar-refractivity contribution in [3.8, 4) is 0 Å². The number of aryl methyl sites for hydroxylation is 1. The Labute approximate surface area is 116 Å². The van der Waals surface area contributed by atoms with Gasteiger partial charge in [0.25, 0.3) is 0 Å². The maximum absolute atomic E-state index is 4.82. The van der Waals surface area contributed by atoms with Gasteiger partial charge in [-0.05, 0) is 55.1 Å². The highest BCUT2D eigenvalue weighted by Gasteiger charge is 2.19. The summed E-state index contributed by atoms with van der Waals surface area (Å²) in [6.07, 6.45) is 3.57. The fourth-order valence-electron chi connectivity index (χ4n) is 2.78. The van der Waals surface area contributed by atoms with Gasteiger partial charge >= 0.3 is 0 Å². The van der Waals surface area contributed by atoms with E-state index >= 15 is 0 Å². The van der Waals surface area contributed by atoms with Gasteiger partial charge in [0.05, 0.1) is 5.52 Å². The Balaban J connectivity index is 2.22. The van der Waals surface area contributed by atoms with Gasteiger partial charge < -0.3 is 5.32 Å². The molecule has 0 saturated heterocycles. The van der Waals surface area contributed by atoms with Crippen LogP contribution in [0, 0.1) is 0 Å². The molecule has 1 heterocycles. The Bertz CT molecular complexity index is 593. The molecule has 18 heavy (non-hydrogen) atoms. The van der Waals surface area contributed by atoms with E-state index in [1.54, 1.807) is 0 Å². The van der Waals surface area contributed by atoms with Crippen LogP contribution in [0.2, 0.25) is 0 Å². The summed E-state index contributed by atoms with van der Waals surface area (Å²) in [5, 5.41) is 4.76. The number of halogens is 1. The van der Waals surface area contributed by atoms with Crippen LogP contribution in [0.15, 0.2) is 22.7 Å². The molecular weight excluding hydrogens is 288 g/mol. The quantitative estimate of drug-likeness (QED) is 0.937. The molecule has 1 aliphatic rings. The van der Waals surface area contributed by atoms with E-state index in [-0.39, 0.29) is 0 Å². The molecule has 1 aromatic carbocycles. The van der Waals surface area contributed by atoms with E-state index in [1.807, 2.05) is 0 Å². The molecule has 2 nitrogen and oxygen atoms in total. The number of aromatic nitrogens is 1. The molecule has 1 N–H and O–H groups in total. The number of hydrogen-bond donors (Lipinski definition) is 1. The molecule has 0 spiro atoms. The lowest BCUT2D eigenvalue weighted by molar-refractivity contribution is 0.724. The second kappa shape index (κ2) is 4.98. The van der Waals surface area contributed by atoms with Crippen molar-refractivity contribution in [1.82, 2.24) is 10.3 Å². The van der Waals surface area contributed by atoms with Crippen LogP contribution in [0.5, 0.6) is 0 Å². The Morgan fingerprint density at radius 2 is 2.22 bits per heavy atom. The first-order valence-electron chi connectivity index (χ1n) is 6.60. The van der Waals surface area contributed by atoms with Crippen molar-refractivity contribution in [3.05, 3.63) is 39.5 Å². The van der Waals surface area contributed by atoms with Gasteiger partial charge in [-0.1, -0.05) is 22.9 Å². The zero-order valence-electron chi connectivity index (χ0n) is 10.6. The zero-order valence-corrected chi connectivity index (χ0v) is 12.2. The van der Waals surface area contributed by atoms with E-state index in [9.17, 15) is 0 Å². The highest BCUT2D eigenvalue weighted by molar-refractivity contribution is 9.10. The third kappa shape index (κ3) is 2.06. The zero-order chi connectivity index (χ0) is 12.5. The van der Waals surface area contributed by atoms with Crippen LogP contribution in [-0.2, 0) is 19.4 Å². The third-order valence-corrected chi connectivity index (χ3v) is 4.14. The number of hydrogen-bond acceptors (Lipinski definition) is 2. The Kier molecular flexibility index (Phi) is 3.35. The summed E-state index contributed by atoms with van der Waals surface area (Å²) in [5.41, 5.74) is 5.39. The lowest BCUT2D eigenvalue weighted by Gasteiger charge is -2.13. The summed E-state index contributed by atoms with van der Waals surface area (Å²) in [6, 6.07) is 6.40. The third-order valence-electron chi connectivity index (χ3n) is 3.64. The number of pyridine rings is 1. The Morgan fingerprint density at radius 3 is 3.06 bits per heavy atom. The fraction of sp³-hybridized carbons (Fsp3) is 0.400. The van der Waals surface area contributed by atoms with Gasteiger partial charge in [0.2, 0.25) is 0 Å². The largest absolute Gasteiger partial charge is 0.313 e. The van der Waals surface area contributed by atoms with Crippen molar-refractivity contribution in [3.63, 3.8) is 0 Å². The molecule has 0 fully saturated rings. The summed E-state index contributed by atoms with van der Waals surface area (Å²) in [7, 11) is 0. The second-order valence-electron chi connectivity index (χ2n) is 4.81. The molecule has 1 aliphatic carbocycles. The van der Waals surface area contributed by atoms with Crippen molar-refractivity contribution in [2.75, 3.05) is 6.54 Å². The van der Waals surface area contributed by atoms with Gasteiger partial charge in [0.1, 0.15) is 0 Å². The highest BCUT2D eigenvalue weighted by Crippen LogP contribution is 2.31. The maximum atomic E-state index is 4.82. The first kappa shape index (κ1) is 12.1. The molecule has 0 atom stereocenters. The van der Waals surface area contributed by atoms with Gasteiger partial charge in [0, 0.05) is 22.1 Å². The van der Waals surface area contributed by atoms with Crippen molar-refractivity contribution in [1.29, 1.82) is 0 Å². The molecule has 0 unspecified atom stereocenters. The summed E-state index contributed by atoms with van der Waals surface area (Å²) in [6.45, 7) is 4.11.